The van der Waals surface area contributed by atoms with Crippen molar-refractivity contribution in [3.8, 4) is 0 Å². The molecule has 0 aliphatic rings. The zero-order valence-electron chi connectivity index (χ0n) is 26.0. The Kier molecular flexibility index (Phi) is 33.8. The Labute approximate surface area is 234 Å². The standard InChI is InChI=1S/C34H70O3/c1-4-6-8-10-12-14-16-18-20-22-24-26-28-34(37-33-32-36-31-30-35-3)29-27-25-23-21-19-17-15-13-11-9-7-5-2/h34H,4-33H2,1-3H3. The molecular weight excluding hydrogens is 456 g/mol. The van der Waals surface area contributed by atoms with E-state index >= 15 is 0 Å². The first-order chi connectivity index (χ1) is 18.3. The minimum atomic E-state index is 0.428. The van der Waals surface area contributed by atoms with Crippen molar-refractivity contribution in [1.29, 1.82) is 0 Å². The molecule has 0 heterocycles. The van der Waals surface area contributed by atoms with Gasteiger partial charge < -0.3 is 14.2 Å². The minimum absolute atomic E-state index is 0.428. The summed E-state index contributed by atoms with van der Waals surface area (Å²) in [5.41, 5.74) is 0. The fourth-order valence-electron chi connectivity index (χ4n) is 5.26. The first-order valence-electron chi connectivity index (χ1n) is 17.0. The lowest BCUT2D eigenvalue weighted by molar-refractivity contribution is -0.0133. The van der Waals surface area contributed by atoms with Crippen LogP contribution in [0.1, 0.15) is 181 Å². The van der Waals surface area contributed by atoms with Gasteiger partial charge in [-0.15, -0.1) is 0 Å². The quantitative estimate of drug-likeness (QED) is 0.0796. The van der Waals surface area contributed by atoms with Gasteiger partial charge in [-0.2, -0.15) is 0 Å². The fraction of sp³-hybridized carbons (Fsp3) is 1.00. The van der Waals surface area contributed by atoms with E-state index in [4.69, 9.17) is 14.2 Å². The Morgan fingerprint density at radius 1 is 0.378 bits per heavy atom. The highest BCUT2D eigenvalue weighted by molar-refractivity contribution is 4.61. The normalized spacial score (nSPS) is 11.7. The lowest BCUT2D eigenvalue weighted by Gasteiger charge is -2.18. The Balaban J connectivity index is 3.77. The summed E-state index contributed by atoms with van der Waals surface area (Å²) in [7, 11) is 1.72. The number of rotatable bonds is 33. The highest BCUT2D eigenvalue weighted by Gasteiger charge is 2.09. The predicted molar refractivity (Wildman–Crippen MR) is 164 cm³/mol. The first-order valence-corrected chi connectivity index (χ1v) is 17.0. The third kappa shape index (κ3) is 32.0. The highest BCUT2D eigenvalue weighted by atomic mass is 16.5. The van der Waals surface area contributed by atoms with Crippen LogP contribution in [0, 0.1) is 0 Å². The molecule has 0 saturated carbocycles. The van der Waals surface area contributed by atoms with Gasteiger partial charge in [0.2, 0.25) is 0 Å². The van der Waals surface area contributed by atoms with E-state index in [1.54, 1.807) is 7.11 Å². The van der Waals surface area contributed by atoms with E-state index in [1.165, 1.54) is 167 Å². The molecular formula is C34H70O3. The topological polar surface area (TPSA) is 27.7 Å². The molecule has 0 saturated heterocycles. The van der Waals surface area contributed by atoms with Crippen LogP contribution in [0.4, 0.5) is 0 Å². The molecule has 0 spiro atoms. The maximum atomic E-state index is 6.26. The fourth-order valence-corrected chi connectivity index (χ4v) is 5.26. The van der Waals surface area contributed by atoms with Crippen molar-refractivity contribution >= 4 is 0 Å². The lowest BCUT2D eigenvalue weighted by Crippen LogP contribution is -2.17. The lowest BCUT2D eigenvalue weighted by atomic mass is 10.0. The van der Waals surface area contributed by atoms with Gasteiger partial charge in [0.1, 0.15) is 0 Å². The van der Waals surface area contributed by atoms with E-state index in [0.29, 0.717) is 25.9 Å². The molecule has 0 amide bonds. The first kappa shape index (κ1) is 36.9. The van der Waals surface area contributed by atoms with Crippen LogP contribution in [-0.2, 0) is 14.2 Å². The smallest absolute Gasteiger partial charge is 0.0704 e. The zero-order chi connectivity index (χ0) is 26.9. The van der Waals surface area contributed by atoms with Gasteiger partial charge >= 0.3 is 0 Å². The zero-order valence-corrected chi connectivity index (χ0v) is 26.0. The summed E-state index contributed by atoms with van der Waals surface area (Å²) in [6.45, 7) is 7.35. The molecule has 0 N–H and O–H groups in total. The molecule has 37 heavy (non-hydrogen) atoms. The molecule has 0 aromatic carbocycles. The molecule has 0 fully saturated rings. The predicted octanol–water partition coefficient (Wildman–Crippen LogP) is 11.2. The molecule has 0 bridgehead atoms. The Bertz CT molecular complexity index is 359. The molecule has 0 aliphatic heterocycles. The Morgan fingerprint density at radius 3 is 1.05 bits per heavy atom. The molecule has 3 nitrogen and oxygen atoms in total. The van der Waals surface area contributed by atoms with Crippen molar-refractivity contribution in [2.24, 2.45) is 0 Å². The average Bonchev–Trinajstić information content (AvgIpc) is 2.91. The average molecular weight is 527 g/mol. The van der Waals surface area contributed by atoms with Crippen LogP contribution < -0.4 is 0 Å². The van der Waals surface area contributed by atoms with E-state index < -0.39 is 0 Å². The SMILES string of the molecule is CCCCCCCCCCCCCCC(CCCCCCCCCCCCCC)OCCOCCOC. The van der Waals surface area contributed by atoms with Crippen LogP contribution in [0.15, 0.2) is 0 Å². The maximum absolute atomic E-state index is 6.26. The number of methoxy groups -OCH3 is 1. The van der Waals surface area contributed by atoms with Gasteiger partial charge in [-0.25, -0.2) is 0 Å². The number of hydrogen-bond donors (Lipinski definition) is 0. The molecule has 0 aromatic rings. The van der Waals surface area contributed by atoms with Crippen LogP contribution in [0.5, 0.6) is 0 Å². The summed E-state index contributed by atoms with van der Waals surface area (Å²) in [6, 6.07) is 0. The molecule has 0 rings (SSSR count). The highest BCUT2D eigenvalue weighted by Crippen LogP contribution is 2.18. The van der Waals surface area contributed by atoms with Crippen molar-refractivity contribution in [2.75, 3.05) is 33.5 Å². The third-order valence-electron chi connectivity index (χ3n) is 7.77. The molecule has 3 heteroatoms. The van der Waals surface area contributed by atoms with Gasteiger partial charge in [-0.3, -0.25) is 0 Å². The van der Waals surface area contributed by atoms with E-state index in [2.05, 4.69) is 13.8 Å². The van der Waals surface area contributed by atoms with Crippen LogP contribution in [0.25, 0.3) is 0 Å². The van der Waals surface area contributed by atoms with Gasteiger partial charge in [0.25, 0.3) is 0 Å². The molecule has 0 radical (unpaired) electrons. The van der Waals surface area contributed by atoms with Gasteiger partial charge in [0, 0.05) is 7.11 Å². The van der Waals surface area contributed by atoms with Crippen LogP contribution in [0.2, 0.25) is 0 Å². The summed E-state index contributed by atoms with van der Waals surface area (Å²) >= 11 is 0. The van der Waals surface area contributed by atoms with E-state index in [1.807, 2.05) is 0 Å². The monoisotopic (exact) mass is 527 g/mol. The van der Waals surface area contributed by atoms with Crippen molar-refractivity contribution in [3.05, 3.63) is 0 Å². The number of hydrogen-bond acceptors (Lipinski definition) is 3. The molecule has 0 unspecified atom stereocenters. The Hall–Kier alpha value is -0.120. The van der Waals surface area contributed by atoms with Crippen molar-refractivity contribution in [2.45, 2.75) is 187 Å². The van der Waals surface area contributed by atoms with E-state index in [-0.39, 0.29) is 0 Å². The van der Waals surface area contributed by atoms with Crippen LogP contribution in [0.3, 0.4) is 0 Å². The van der Waals surface area contributed by atoms with Crippen molar-refractivity contribution < 1.29 is 14.2 Å². The largest absolute Gasteiger partial charge is 0.382 e. The second-order valence-electron chi connectivity index (χ2n) is 11.5. The van der Waals surface area contributed by atoms with Gasteiger partial charge in [-0.05, 0) is 12.8 Å². The molecule has 0 aliphatic carbocycles. The number of ether oxygens (including phenoxy) is 3. The number of unbranched alkanes of at least 4 members (excludes halogenated alkanes) is 22. The van der Waals surface area contributed by atoms with Crippen molar-refractivity contribution in [3.63, 3.8) is 0 Å². The summed E-state index contributed by atoms with van der Waals surface area (Å²) in [5.74, 6) is 0. The summed E-state index contributed by atoms with van der Waals surface area (Å²) in [4.78, 5) is 0. The van der Waals surface area contributed by atoms with Crippen molar-refractivity contribution in [1.82, 2.24) is 0 Å². The molecule has 0 aromatic heterocycles. The Morgan fingerprint density at radius 2 is 0.703 bits per heavy atom. The summed E-state index contributed by atoms with van der Waals surface area (Å²) < 4.78 is 16.9. The molecule has 0 atom stereocenters. The minimum Gasteiger partial charge on any atom is -0.382 e. The second-order valence-corrected chi connectivity index (χ2v) is 11.5. The van der Waals surface area contributed by atoms with Crippen LogP contribution in [-0.4, -0.2) is 39.6 Å². The summed E-state index contributed by atoms with van der Waals surface area (Å²) in [6.07, 6.45) is 36.8. The maximum Gasteiger partial charge on any atom is 0.0704 e. The van der Waals surface area contributed by atoms with Gasteiger partial charge in [-0.1, -0.05) is 168 Å². The van der Waals surface area contributed by atoms with E-state index in [0.717, 1.165) is 6.61 Å². The van der Waals surface area contributed by atoms with Gasteiger partial charge in [0.05, 0.1) is 32.5 Å². The third-order valence-corrected chi connectivity index (χ3v) is 7.77. The van der Waals surface area contributed by atoms with E-state index in [9.17, 15) is 0 Å². The second kappa shape index (κ2) is 33.9. The summed E-state index contributed by atoms with van der Waals surface area (Å²) in [5, 5.41) is 0. The molecule has 224 valence electrons. The van der Waals surface area contributed by atoms with Gasteiger partial charge in [0.15, 0.2) is 0 Å². The van der Waals surface area contributed by atoms with Crippen LogP contribution >= 0.6 is 0 Å².